The number of carbonyl (C=O) groups is 1. The molecule has 124 valence electrons. The van der Waals surface area contributed by atoms with Crippen LogP contribution in [0.5, 0.6) is 5.88 Å². The highest BCUT2D eigenvalue weighted by Gasteiger charge is 2.30. The summed E-state index contributed by atoms with van der Waals surface area (Å²) in [5.41, 5.74) is 1.39. The van der Waals surface area contributed by atoms with Crippen LogP contribution in [0.1, 0.15) is 18.4 Å². The Labute approximate surface area is 140 Å². The summed E-state index contributed by atoms with van der Waals surface area (Å²) >= 11 is 0. The smallest absolute Gasteiger partial charge is 0.249 e. The molecule has 0 bridgehead atoms. The summed E-state index contributed by atoms with van der Waals surface area (Å²) in [5, 5.41) is 16.4. The molecule has 1 atom stereocenters. The number of anilines is 2. The molecule has 1 aromatic heterocycles. The van der Waals surface area contributed by atoms with Crippen molar-refractivity contribution in [2.24, 2.45) is 7.05 Å². The van der Waals surface area contributed by atoms with Crippen molar-refractivity contribution in [2.75, 3.05) is 23.9 Å². The fourth-order valence-electron chi connectivity index (χ4n) is 2.87. The zero-order valence-electron chi connectivity index (χ0n) is 13.7. The molecule has 1 N–H and O–H groups in total. The van der Waals surface area contributed by atoms with Gasteiger partial charge in [-0.2, -0.15) is 10.4 Å². The molecule has 7 heteroatoms. The van der Waals surface area contributed by atoms with Crippen LogP contribution < -0.4 is 15.0 Å². The first kappa shape index (κ1) is 15.9. The number of nitrogens with one attached hydrogen (secondary N) is 1. The number of benzene rings is 1. The second kappa shape index (κ2) is 6.62. The Hall–Kier alpha value is -3.01. The predicted molar refractivity (Wildman–Crippen MR) is 89.9 cm³/mol. The first-order valence-electron chi connectivity index (χ1n) is 7.78. The van der Waals surface area contributed by atoms with Crippen LogP contribution in [-0.2, 0) is 11.8 Å². The van der Waals surface area contributed by atoms with E-state index < -0.39 is 0 Å². The van der Waals surface area contributed by atoms with E-state index in [1.165, 1.54) is 0 Å². The second-order valence-electron chi connectivity index (χ2n) is 5.68. The van der Waals surface area contributed by atoms with E-state index >= 15 is 0 Å². The van der Waals surface area contributed by atoms with Gasteiger partial charge in [0.05, 0.1) is 18.7 Å². The van der Waals surface area contributed by atoms with Crippen LogP contribution in [0.4, 0.5) is 11.5 Å². The van der Waals surface area contributed by atoms with Crippen LogP contribution in [0.2, 0.25) is 0 Å². The Morgan fingerprint density at radius 2 is 2.12 bits per heavy atom. The molecule has 2 aromatic rings. The number of methoxy groups -OCH3 is 1. The number of hydrogen-bond donors (Lipinski definition) is 1. The molecule has 3 rings (SSSR count). The maximum Gasteiger partial charge on any atom is 0.249 e. The lowest BCUT2D eigenvalue weighted by atomic mass is 10.0. The number of piperidine rings is 1. The molecule has 1 saturated heterocycles. The zero-order valence-corrected chi connectivity index (χ0v) is 13.7. The summed E-state index contributed by atoms with van der Waals surface area (Å²) in [6.45, 7) is 0.675. The number of nitriles is 1. The molecule has 1 aliphatic heterocycles. The molecule has 7 nitrogen and oxygen atoms in total. The Morgan fingerprint density at radius 3 is 2.75 bits per heavy atom. The normalized spacial score (nSPS) is 17.5. The maximum atomic E-state index is 12.8. The Bertz CT molecular complexity index is 775. The fourth-order valence-corrected chi connectivity index (χ4v) is 2.87. The molecule has 1 aliphatic rings. The number of ether oxygens (including phenoxy) is 1. The van der Waals surface area contributed by atoms with Crippen molar-refractivity contribution in [3.05, 3.63) is 35.9 Å². The van der Waals surface area contributed by atoms with Gasteiger partial charge in [0.1, 0.15) is 6.04 Å². The van der Waals surface area contributed by atoms with Gasteiger partial charge in [0.15, 0.2) is 5.82 Å². The van der Waals surface area contributed by atoms with Crippen LogP contribution >= 0.6 is 0 Å². The molecule has 0 radical (unpaired) electrons. The molecular formula is C17H19N5O2. The fraction of sp³-hybridized carbons (Fsp3) is 0.353. The minimum Gasteiger partial charge on any atom is -0.481 e. The third-order valence-corrected chi connectivity index (χ3v) is 4.11. The number of carbonyl (C=O) groups excluding carboxylic acids is 1. The maximum absolute atomic E-state index is 12.8. The van der Waals surface area contributed by atoms with Gasteiger partial charge < -0.3 is 15.0 Å². The van der Waals surface area contributed by atoms with E-state index in [-0.39, 0.29) is 11.9 Å². The van der Waals surface area contributed by atoms with Crippen molar-refractivity contribution in [3.63, 3.8) is 0 Å². The van der Waals surface area contributed by atoms with E-state index in [1.54, 1.807) is 41.9 Å². The van der Waals surface area contributed by atoms with Gasteiger partial charge in [0, 0.05) is 25.3 Å². The number of aryl methyl sites for hydroxylation is 1. The lowest BCUT2D eigenvalue weighted by molar-refractivity contribution is -0.120. The number of amides is 1. The van der Waals surface area contributed by atoms with Crippen molar-refractivity contribution in [1.29, 1.82) is 5.26 Å². The first-order valence-corrected chi connectivity index (χ1v) is 7.78. The quantitative estimate of drug-likeness (QED) is 0.928. The Kier molecular flexibility index (Phi) is 4.38. The van der Waals surface area contributed by atoms with Crippen LogP contribution in [0.3, 0.4) is 0 Å². The average molecular weight is 325 g/mol. The topological polar surface area (TPSA) is 83.2 Å². The SMILES string of the molecule is COc1cc(NC2CCCN(c3ccc(C#N)cc3)C2=O)nn1C. The molecule has 1 fully saturated rings. The van der Waals surface area contributed by atoms with Gasteiger partial charge in [-0.05, 0) is 37.1 Å². The van der Waals surface area contributed by atoms with Crippen LogP contribution in [0, 0.1) is 11.3 Å². The highest BCUT2D eigenvalue weighted by molar-refractivity contribution is 5.99. The van der Waals surface area contributed by atoms with Gasteiger partial charge in [-0.25, -0.2) is 4.68 Å². The molecule has 2 heterocycles. The van der Waals surface area contributed by atoms with Gasteiger partial charge in [0.2, 0.25) is 11.8 Å². The van der Waals surface area contributed by atoms with Gasteiger partial charge in [-0.1, -0.05) is 0 Å². The van der Waals surface area contributed by atoms with Gasteiger partial charge in [0.25, 0.3) is 0 Å². The van der Waals surface area contributed by atoms with E-state index in [1.807, 2.05) is 12.1 Å². The Balaban J connectivity index is 1.75. The van der Waals surface area contributed by atoms with Gasteiger partial charge in [-0.15, -0.1) is 0 Å². The Morgan fingerprint density at radius 1 is 1.38 bits per heavy atom. The van der Waals surface area contributed by atoms with Crippen molar-refractivity contribution >= 4 is 17.4 Å². The summed E-state index contributed by atoms with van der Waals surface area (Å²) < 4.78 is 6.81. The lowest BCUT2D eigenvalue weighted by Gasteiger charge is -2.32. The van der Waals surface area contributed by atoms with Gasteiger partial charge >= 0.3 is 0 Å². The predicted octanol–water partition coefficient (Wildman–Crippen LogP) is 1.91. The van der Waals surface area contributed by atoms with E-state index in [4.69, 9.17) is 10.00 Å². The van der Waals surface area contributed by atoms with Crippen LogP contribution in [0.25, 0.3) is 0 Å². The molecule has 1 unspecified atom stereocenters. The average Bonchev–Trinajstić information content (AvgIpc) is 2.96. The molecule has 0 saturated carbocycles. The number of rotatable bonds is 4. The summed E-state index contributed by atoms with van der Waals surface area (Å²) in [6, 6.07) is 10.6. The van der Waals surface area contributed by atoms with Gasteiger partial charge in [-0.3, -0.25) is 4.79 Å². The van der Waals surface area contributed by atoms with Crippen molar-refractivity contribution in [1.82, 2.24) is 9.78 Å². The number of nitrogens with zero attached hydrogens (tertiary/aromatic N) is 4. The van der Waals surface area contributed by atoms with E-state index in [0.29, 0.717) is 23.8 Å². The minimum absolute atomic E-state index is 0.00979. The third kappa shape index (κ3) is 3.04. The van der Waals surface area contributed by atoms with Crippen molar-refractivity contribution in [3.8, 4) is 11.9 Å². The zero-order chi connectivity index (χ0) is 17.1. The summed E-state index contributed by atoms with van der Waals surface area (Å²) in [6.07, 6.45) is 1.65. The molecule has 24 heavy (non-hydrogen) atoms. The molecule has 0 spiro atoms. The molecule has 1 amide bonds. The largest absolute Gasteiger partial charge is 0.481 e. The van der Waals surface area contributed by atoms with E-state index in [2.05, 4.69) is 16.5 Å². The van der Waals surface area contributed by atoms with E-state index in [9.17, 15) is 4.79 Å². The van der Waals surface area contributed by atoms with E-state index in [0.717, 1.165) is 18.5 Å². The highest BCUT2D eigenvalue weighted by Crippen LogP contribution is 2.24. The third-order valence-electron chi connectivity index (χ3n) is 4.11. The standard InChI is InChI=1S/C17H19N5O2/c1-21-16(24-2)10-15(20-21)19-14-4-3-9-22(17(14)23)13-7-5-12(11-18)6-8-13/h5-8,10,14H,3-4,9H2,1-2H3,(H,19,20). The summed E-state index contributed by atoms with van der Waals surface area (Å²) in [4.78, 5) is 14.5. The second-order valence-corrected chi connectivity index (χ2v) is 5.68. The van der Waals surface area contributed by atoms with Crippen LogP contribution in [-0.4, -0.2) is 35.4 Å². The van der Waals surface area contributed by atoms with Crippen molar-refractivity contribution < 1.29 is 9.53 Å². The number of hydrogen-bond acceptors (Lipinski definition) is 5. The summed E-state index contributed by atoms with van der Waals surface area (Å²) in [7, 11) is 3.37. The number of aromatic nitrogens is 2. The minimum atomic E-state index is -0.325. The van der Waals surface area contributed by atoms with Crippen molar-refractivity contribution in [2.45, 2.75) is 18.9 Å². The summed E-state index contributed by atoms with van der Waals surface area (Å²) in [5.74, 6) is 1.26. The lowest BCUT2D eigenvalue weighted by Crippen LogP contribution is -2.47. The molecule has 0 aliphatic carbocycles. The monoisotopic (exact) mass is 325 g/mol. The molecule has 1 aromatic carbocycles. The highest BCUT2D eigenvalue weighted by atomic mass is 16.5. The van der Waals surface area contributed by atoms with Crippen LogP contribution in [0.15, 0.2) is 30.3 Å². The first-order chi connectivity index (χ1) is 11.6. The molecular weight excluding hydrogens is 306 g/mol.